The van der Waals surface area contributed by atoms with Crippen LogP contribution < -0.4 is 16.0 Å². The Morgan fingerprint density at radius 2 is 1.66 bits per heavy atom. The van der Waals surface area contributed by atoms with Crippen molar-refractivity contribution in [1.29, 1.82) is 0 Å². The van der Waals surface area contributed by atoms with Gasteiger partial charge in [-0.15, -0.1) is 0 Å². The largest absolute Gasteiger partial charge is 0.446 e. The van der Waals surface area contributed by atoms with E-state index < -0.39 is 36.5 Å². The number of carbonyl (C=O) groups is 4. The molecule has 1 atom stereocenters. The van der Waals surface area contributed by atoms with E-state index in [0.29, 0.717) is 11.1 Å². The highest BCUT2D eigenvalue weighted by Gasteiger charge is 2.26. The molecule has 3 N–H and O–H groups in total. The Balaban J connectivity index is 2.03. The molecule has 29 heavy (non-hydrogen) atoms. The van der Waals surface area contributed by atoms with Crippen LogP contribution in [-0.4, -0.2) is 37.4 Å². The molecule has 0 radical (unpaired) electrons. The summed E-state index contributed by atoms with van der Waals surface area (Å²) < 4.78 is 5.23. The van der Waals surface area contributed by atoms with Gasteiger partial charge >= 0.3 is 12.0 Å². The summed E-state index contributed by atoms with van der Waals surface area (Å²) in [5, 5.41) is 6.80. The summed E-state index contributed by atoms with van der Waals surface area (Å²) >= 11 is 0. The average Bonchev–Trinajstić information content (AvgIpc) is 2.72. The summed E-state index contributed by atoms with van der Waals surface area (Å²) in [7, 11) is 1.36. The fraction of sp³-hybridized carbons (Fsp3) is 0.238. The molecule has 0 fully saturated rings. The third-order valence-electron chi connectivity index (χ3n) is 4.22. The van der Waals surface area contributed by atoms with Gasteiger partial charge in [0, 0.05) is 18.2 Å². The number of aryl methyl sites for hydroxylation is 2. The Kier molecular flexibility index (Phi) is 7.47. The lowest BCUT2D eigenvalue weighted by Crippen LogP contribution is -2.42. The molecule has 2 aromatic carbocycles. The van der Waals surface area contributed by atoms with Gasteiger partial charge in [-0.05, 0) is 37.1 Å². The molecular weight excluding hydrogens is 374 g/mol. The first-order valence-electron chi connectivity index (χ1n) is 8.94. The fourth-order valence-electron chi connectivity index (χ4n) is 2.45. The predicted octanol–water partition coefficient (Wildman–Crippen LogP) is 1.77. The van der Waals surface area contributed by atoms with Crippen LogP contribution in [-0.2, 0) is 14.3 Å². The van der Waals surface area contributed by atoms with Crippen LogP contribution in [0.2, 0.25) is 0 Å². The molecule has 152 valence electrons. The van der Waals surface area contributed by atoms with Gasteiger partial charge < -0.3 is 15.4 Å². The van der Waals surface area contributed by atoms with Crippen LogP contribution in [0, 0.1) is 13.8 Å². The number of nitrogens with one attached hydrogen (secondary N) is 3. The lowest BCUT2D eigenvalue weighted by molar-refractivity contribution is -0.155. The summed E-state index contributed by atoms with van der Waals surface area (Å²) in [6.07, 6.45) is -1.33. The van der Waals surface area contributed by atoms with Crippen LogP contribution in [0.1, 0.15) is 33.2 Å². The van der Waals surface area contributed by atoms with Gasteiger partial charge in [-0.3, -0.25) is 19.7 Å². The summed E-state index contributed by atoms with van der Waals surface area (Å²) in [5.41, 5.74) is 2.81. The van der Waals surface area contributed by atoms with Crippen LogP contribution in [0.3, 0.4) is 0 Å². The van der Waals surface area contributed by atoms with E-state index in [-0.39, 0.29) is 0 Å². The SMILES string of the molecule is CNC(=O)NC(=O)[C@@H](OC(=O)CNC(=O)c1ccc(C)c(C)c1)c1ccccc1. The minimum absolute atomic E-state index is 0.391. The van der Waals surface area contributed by atoms with Gasteiger partial charge in [0.15, 0.2) is 0 Å². The third-order valence-corrected chi connectivity index (χ3v) is 4.22. The third kappa shape index (κ3) is 6.17. The highest BCUT2D eigenvalue weighted by Crippen LogP contribution is 2.17. The molecular formula is C21H23N3O5. The Labute approximate surface area is 168 Å². The zero-order valence-corrected chi connectivity index (χ0v) is 16.4. The quantitative estimate of drug-likeness (QED) is 0.643. The molecule has 0 saturated heterocycles. The lowest BCUT2D eigenvalue weighted by atomic mass is 10.1. The van der Waals surface area contributed by atoms with Crippen LogP contribution in [0.4, 0.5) is 4.79 Å². The number of carbonyl (C=O) groups excluding carboxylic acids is 4. The summed E-state index contributed by atoms with van der Waals surface area (Å²) in [4.78, 5) is 48.2. The van der Waals surface area contributed by atoms with Crippen molar-refractivity contribution >= 4 is 23.8 Å². The second-order valence-electron chi connectivity index (χ2n) is 6.33. The first-order valence-corrected chi connectivity index (χ1v) is 8.94. The standard InChI is InChI=1S/C21H23N3O5/c1-13-9-10-16(11-14(13)2)19(26)23-12-17(25)29-18(15-7-5-4-6-8-15)20(27)24-21(28)22-3/h4-11,18H,12H2,1-3H3,(H,23,26)(H2,22,24,27,28)/t18-/m0/s1. The monoisotopic (exact) mass is 397 g/mol. The van der Waals surface area contributed by atoms with Crippen LogP contribution >= 0.6 is 0 Å². The van der Waals surface area contributed by atoms with Crippen molar-refractivity contribution in [2.75, 3.05) is 13.6 Å². The molecule has 0 aliphatic carbocycles. The maximum Gasteiger partial charge on any atom is 0.326 e. The van der Waals surface area contributed by atoms with Crippen LogP contribution in [0.15, 0.2) is 48.5 Å². The average molecular weight is 397 g/mol. The van der Waals surface area contributed by atoms with Crippen molar-refractivity contribution in [3.63, 3.8) is 0 Å². The van der Waals surface area contributed by atoms with E-state index in [9.17, 15) is 19.2 Å². The van der Waals surface area contributed by atoms with E-state index in [1.807, 2.05) is 19.9 Å². The predicted molar refractivity (Wildman–Crippen MR) is 106 cm³/mol. The van der Waals surface area contributed by atoms with E-state index in [0.717, 1.165) is 11.1 Å². The molecule has 8 nitrogen and oxygen atoms in total. The minimum atomic E-state index is -1.33. The zero-order chi connectivity index (χ0) is 21.4. The molecule has 0 aliphatic heterocycles. The first kappa shape index (κ1) is 21.6. The van der Waals surface area contributed by atoms with E-state index in [2.05, 4.69) is 16.0 Å². The van der Waals surface area contributed by atoms with Gasteiger partial charge in [-0.2, -0.15) is 0 Å². The van der Waals surface area contributed by atoms with Gasteiger partial charge in [0.25, 0.3) is 11.8 Å². The van der Waals surface area contributed by atoms with Gasteiger partial charge in [-0.1, -0.05) is 36.4 Å². The minimum Gasteiger partial charge on any atom is -0.446 e. The van der Waals surface area contributed by atoms with Crippen LogP contribution in [0.25, 0.3) is 0 Å². The number of ether oxygens (including phenoxy) is 1. The lowest BCUT2D eigenvalue weighted by Gasteiger charge is -2.17. The van der Waals surface area contributed by atoms with Crippen molar-refractivity contribution in [1.82, 2.24) is 16.0 Å². The summed E-state index contributed by atoms with van der Waals surface area (Å²) in [6, 6.07) is 12.7. The van der Waals surface area contributed by atoms with Gasteiger partial charge in [0.05, 0.1) is 0 Å². The highest BCUT2D eigenvalue weighted by atomic mass is 16.5. The first-order chi connectivity index (χ1) is 13.8. The number of amides is 4. The second-order valence-corrected chi connectivity index (χ2v) is 6.33. The molecule has 2 aromatic rings. The molecule has 2 rings (SSSR count). The molecule has 0 unspecified atom stereocenters. The van der Waals surface area contributed by atoms with E-state index in [4.69, 9.17) is 4.74 Å². The maximum absolute atomic E-state index is 12.3. The maximum atomic E-state index is 12.3. The molecule has 4 amide bonds. The molecule has 0 aliphatic rings. The van der Waals surface area contributed by atoms with Gasteiger partial charge in [0.1, 0.15) is 6.54 Å². The number of esters is 1. The summed E-state index contributed by atoms with van der Waals surface area (Å²) in [5.74, 6) is -2.05. The Bertz CT molecular complexity index is 912. The second kappa shape index (κ2) is 10.0. The molecule has 0 spiro atoms. The number of rotatable bonds is 6. The highest BCUT2D eigenvalue weighted by molar-refractivity contribution is 5.98. The van der Waals surface area contributed by atoms with Crippen molar-refractivity contribution in [3.8, 4) is 0 Å². The number of benzene rings is 2. The normalized spacial score (nSPS) is 11.1. The van der Waals surface area contributed by atoms with Gasteiger partial charge in [-0.25, -0.2) is 4.79 Å². The number of hydrogen-bond acceptors (Lipinski definition) is 5. The molecule has 0 heterocycles. The zero-order valence-electron chi connectivity index (χ0n) is 16.4. The smallest absolute Gasteiger partial charge is 0.326 e. The van der Waals surface area contributed by atoms with E-state index in [1.54, 1.807) is 42.5 Å². The fourth-order valence-corrected chi connectivity index (χ4v) is 2.45. The molecule has 0 saturated carbocycles. The Morgan fingerprint density at radius 3 is 2.28 bits per heavy atom. The van der Waals surface area contributed by atoms with Crippen LogP contribution in [0.5, 0.6) is 0 Å². The topological polar surface area (TPSA) is 114 Å². The number of hydrogen-bond donors (Lipinski definition) is 3. The van der Waals surface area contributed by atoms with Crippen molar-refractivity contribution in [2.24, 2.45) is 0 Å². The molecule has 8 heteroatoms. The van der Waals surface area contributed by atoms with Crippen molar-refractivity contribution in [3.05, 3.63) is 70.8 Å². The Morgan fingerprint density at radius 1 is 0.966 bits per heavy atom. The van der Waals surface area contributed by atoms with Gasteiger partial charge in [0.2, 0.25) is 6.10 Å². The summed E-state index contributed by atoms with van der Waals surface area (Å²) in [6.45, 7) is 3.39. The molecule has 0 aromatic heterocycles. The van der Waals surface area contributed by atoms with E-state index >= 15 is 0 Å². The number of urea groups is 1. The molecule has 0 bridgehead atoms. The number of imide groups is 1. The van der Waals surface area contributed by atoms with Crippen molar-refractivity contribution < 1.29 is 23.9 Å². The van der Waals surface area contributed by atoms with Crippen molar-refractivity contribution in [2.45, 2.75) is 20.0 Å². The Hall–Kier alpha value is -3.68. The van der Waals surface area contributed by atoms with E-state index in [1.165, 1.54) is 7.05 Å².